The second-order valence-electron chi connectivity index (χ2n) is 6.13. The van der Waals surface area contributed by atoms with E-state index in [1.54, 1.807) is 23.7 Å². The van der Waals surface area contributed by atoms with E-state index in [1.165, 1.54) is 11.3 Å². The molecule has 136 valence electrons. The molecule has 6 nitrogen and oxygen atoms in total. The van der Waals surface area contributed by atoms with E-state index in [0.717, 1.165) is 22.6 Å². The van der Waals surface area contributed by atoms with Gasteiger partial charge in [0.1, 0.15) is 18.2 Å². The number of aromatic nitrogens is 3. The van der Waals surface area contributed by atoms with E-state index in [-0.39, 0.29) is 11.9 Å². The van der Waals surface area contributed by atoms with Crippen LogP contribution in [0.5, 0.6) is 5.75 Å². The van der Waals surface area contributed by atoms with Gasteiger partial charge >= 0.3 is 0 Å². The van der Waals surface area contributed by atoms with Gasteiger partial charge in [0.2, 0.25) is 0 Å². The van der Waals surface area contributed by atoms with Gasteiger partial charge in [0, 0.05) is 10.9 Å². The van der Waals surface area contributed by atoms with Gasteiger partial charge in [-0.05, 0) is 37.3 Å². The number of hydrogen-bond donors (Lipinski definition) is 2. The fraction of sp³-hybridized carbons (Fsp3) is 0.150. The zero-order chi connectivity index (χ0) is 18.6. The highest BCUT2D eigenvalue weighted by molar-refractivity contribution is 7.07. The van der Waals surface area contributed by atoms with Gasteiger partial charge in [-0.15, -0.1) is 11.3 Å². The molecule has 2 aromatic carbocycles. The van der Waals surface area contributed by atoms with E-state index in [1.807, 2.05) is 42.6 Å². The Balaban J connectivity index is 1.43. The molecule has 0 aliphatic heterocycles. The Morgan fingerprint density at radius 2 is 2.15 bits per heavy atom. The predicted octanol–water partition coefficient (Wildman–Crippen LogP) is 4.09. The van der Waals surface area contributed by atoms with E-state index in [0.29, 0.717) is 17.9 Å². The molecule has 27 heavy (non-hydrogen) atoms. The fourth-order valence-electron chi connectivity index (χ4n) is 2.72. The zero-order valence-electron chi connectivity index (χ0n) is 14.7. The number of hydrogen-bond acceptors (Lipinski definition) is 5. The summed E-state index contributed by atoms with van der Waals surface area (Å²) >= 11 is 1.52. The number of nitrogens with one attached hydrogen (secondary N) is 2. The van der Waals surface area contributed by atoms with Crippen LogP contribution in [-0.2, 0) is 6.61 Å². The monoisotopic (exact) mass is 378 g/mol. The molecule has 4 rings (SSSR count). The SMILES string of the molecule is CC(NC(=O)c1cccc(OCc2cscn2)c1)c1nc2ccccc2[nH]1. The van der Waals surface area contributed by atoms with Gasteiger partial charge in [-0.2, -0.15) is 0 Å². The van der Waals surface area contributed by atoms with Gasteiger partial charge in [-0.3, -0.25) is 4.79 Å². The number of carbonyl (C=O) groups excluding carboxylic acids is 1. The van der Waals surface area contributed by atoms with Crippen LogP contribution in [0.2, 0.25) is 0 Å². The van der Waals surface area contributed by atoms with Crippen molar-refractivity contribution < 1.29 is 9.53 Å². The molecule has 0 aliphatic rings. The highest BCUT2D eigenvalue weighted by Gasteiger charge is 2.15. The lowest BCUT2D eigenvalue weighted by molar-refractivity contribution is 0.0938. The van der Waals surface area contributed by atoms with Crippen LogP contribution in [0.15, 0.2) is 59.4 Å². The van der Waals surface area contributed by atoms with E-state index in [9.17, 15) is 4.79 Å². The zero-order valence-corrected chi connectivity index (χ0v) is 15.5. The van der Waals surface area contributed by atoms with Gasteiger partial charge < -0.3 is 15.0 Å². The number of imidazole rings is 1. The Hall–Kier alpha value is -3.19. The van der Waals surface area contributed by atoms with Crippen LogP contribution < -0.4 is 10.1 Å². The maximum atomic E-state index is 12.6. The van der Waals surface area contributed by atoms with Crippen LogP contribution >= 0.6 is 11.3 Å². The van der Waals surface area contributed by atoms with Crippen LogP contribution in [0.4, 0.5) is 0 Å². The summed E-state index contributed by atoms with van der Waals surface area (Å²) < 4.78 is 5.72. The summed E-state index contributed by atoms with van der Waals surface area (Å²) in [5.74, 6) is 1.18. The highest BCUT2D eigenvalue weighted by Crippen LogP contribution is 2.18. The van der Waals surface area contributed by atoms with Gasteiger partial charge in [0.25, 0.3) is 5.91 Å². The van der Waals surface area contributed by atoms with E-state index in [4.69, 9.17) is 4.74 Å². The minimum atomic E-state index is -0.246. The lowest BCUT2D eigenvalue weighted by Gasteiger charge is -2.12. The Kier molecular flexibility index (Phi) is 4.84. The number of amides is 1. The molecule has 1 atom stereocenters. The number of para-hydroxylation sites is 2. The average molecular weight is 378 g/mol. The smallest absolute Gasteiger partial charge is 0.251 e. The summed E-state index contributed by atoms with van der Waals surface area (Å²) in [7, 11) is 0. The van der Waals surface area contributed by atoms with Crippen molar-refractivity contribution in [3.63, 3.8) is 0 Å². The molecule has 0 radical (unpaired) electrons. The van der Waals surface area contributed by atoms with Crippen molar-refractivity contribution in [3.05, 3.63) is 76.5 Å². The molecule has 0 saturated heterocycles. The molecule has 0 fully saturated rings. The van der Waals surface area contributed by atoms with Crippen LogP contribution in [0, 0.1) is 0 Å². The molecule has 2 aromatic heterocycles. The molecule has 0 saturated carbocycles. The number of fused-ring (bicyclic) bond motifs is 1. The Morgan fingerprint density at radius 1 is 1.26 bits per heavy atom. The van der Waals surface area contributed by atoms with E-state index in [2.05, 4.69) is 20.3 Å². The number of rotatable bonds is 6. The predicted molar refractivity (Wildman–Crippen MR) is 105 cm³/mol. The van der Waals surface area contributed by atoms with Crippen molar-refractivity contribution >= 4 is 28.3 Å². The molecule has 7 heteroatoms. The summed E-state index contributed by atoms with van der Waals surface area (Å²) in [6.07, 6.45) is 0. The number of carbonyl (C=O) groups is 1. The first-order chi connectivity index (χ1) is 13.2. The standard InChI is InChI=1S/C20H18N4O2S/c1-13(19-23-17-7-2-3-8-18(17)24-19)22-20(25)14-5-4-6-16(9-14)26-10-15-11-27-12-21-15/h2-9,11-13H,10H2,1H3,(H,22,25)(H,23,24). The molecule has 0 bridgehead atoms. The second kappa shape index (κ2) is 7.59. The number of ether oxygens (including phenoxy) is 1. The van der Waals surface area contributed by atoms with Crippen molar-refractivity contribution in [2.75, 3.05) is 0 Å². The molecule has 1 amide bonds. The van der Waals surface area contributed by atoms with Crippen LogP contribution in [-0.4, -0.2) is 20.9 Å². The van der Waals surface area contributed by atoms with Crippen LogP contribution in [0.25, 0.3) is 11.0 Å². The fourth-order valence-corrected chi connectivity index (χ4v) is 3.26. The highest BCUT2D eigenvalue weighted by atomic mass is 32.1. The molecule has 4 aromatic rings. The molecule has 0 spiro atoms. The van der Waals surface area contributed by atoms with Gasteiger partial charge in [0.05, 0.1) is 28.3 Å². The normalized spacial score (nSPS) is 12.0. The first kappa shape index (κ1) is 17.2. The number of aromatic amines is 1. The van der Waals surface area contributed by atoms with Crippen LogP contribution in [0.1, 0.15) is 34.8 Å². The Labute approximate surface area is 160 Å². The molecule has 0 aliphatic carbocycles. The third-order valence-corrected chi connectivity index (χ3v) is 4.77. The van der Waals surface area contributed by atoms with Crippen LogP contribution in [0.3, 0.4) is 0 Å². The minimum absolute atomic E-state index is 0.179. The third kappa shape index (κ3) is 3.98. The van der Waals surface area contributed by atoms with Gasteiger partial charge in [0.15, 0.2) is 0 Å². The van der Waals surface area contributed by atoms with Crippen molar-refractivity contribution in [2.45, 2.75) is 19.6 Å². The third-order valence-electron chi connectivity index (χ3n) is 4.13. The summed E-state index contributed by atoms with van der Waals surface area (Å²) in [5.41, 5.74) is 5.00. The van der Waals surface area contributed by atoms with Gasteiger partial charge in [-0.25, -0.2) is 9.97 Å². The Bertz CT molecular complexity index is 1030. The first-order valence-electron chi connectivity index (χ1n) is 8.54. The summed E-state index contributed by atoms with van der Waals surface area (Å²) in [6.45, 7) is 2.28. The maximum absolute atomic E-state index is 12.6. The second-order valence-corrected chi connectivity index (χ2v) is 6.85. The molecule has 2 heterocycles. The molecule has 1 unspecified atom stereocenters. The molecule has 2 N–H and O–H groups in total. The summed E-state index contributed by atoms with van der Waals surface area (Å²) in [6, 6.07) is 14.7. The quantitative estimate of drug-likeness (QED) is 0.530. The number of benzene rings is 2. The van der Waals surface area contributed by atoms with E-state index < -0.39 is 0 Å². The van der Waals surface area contributed by atoms with Crippen molar-refractivity contribution in [3.8, 4) is 5.75 Å². The number of H-pyrrole nitrogens is 1. The maximum Gasteiger partial charge on any atom is 0.251 e. The Morgan fingerprint density at radius 3 is 2.96 bits per heavy atom. The summed E-state index contributed by atoms with van der Waals surface area (Å²) in [4.78, 5) is 24.6. The molecular formula is C20H18N4O2S. The van der Waals surface area contributed by atoms with Gasteiger partial charge in [-0.1, -0.05) is 18.2 Å². The molecular weight excluding hydrogens is 360 g/mol. The summed E-state index contributed by atoms with van der Waals surface area (Å²) in [5, 5.41) is 4.91. The minimum Gasteiger partial charge on any atom is -0.487 e. The topological polar surface area (TPSA) is 79.9 Å². The largest absolute Gasteiger partial charge is 0.487 e. The van der Waals surface area contributed by atoms with Crippen molar-refractivity contribution in [1.29, 1.82) is 0 Å². The number of thiazole rings is 1. The first-order valence-corrected chi connectivity index (χ1v) is 9.49. The van der Waals surface area contributed by atoms with E-state index >= 15 is 0 Å². The lowest BCUT2D eigenvalue weighted by atomic mass is 10.2. The average Bonchev–Trinajstić information content (AvgIpc) is 3.36. The van der Waals surface area contributed by atoms with Crippen molar-refractivity contribution in [1.82, 2.24) is 20.3 Å². The van der Waals surface area contributed by atoms with Crippen molar-refractivity contribution in [2.24, 2.45) is 0 Å². The number of nitrogens with zero attached hydrogens (tertiary/aromatic N) is 2. The lowest BCUT2D eigenvalue weighted by Crippen LogP contribution is -2.27.